The highest BCUT2D eigenvalue weighted by Crippen LogP contribution is 2.40. The Labute approximate surface area is 114 Å². The highest BCUT2D eigenvalue weighted by atomic mass is 28.3. The third-order valence-corrected chi connectivity index (χ3v) is 6.67. The molecule has 0 aliphatic heterocycles. The average molecular weight is 274 g/mol. The van der Waals surface area contributed by atoms with Gasteiger partial charge in [0.25, 0.3) is 0 Å². The second-order valence-corrected chi connectivity index (χ2v) is 8.11. The summed E-state index contributed by atoms with van der Waals surface area (Å²) in [5, 5.41) is -0.106. The fraction of sp³-hybridized carbons (Fsp3) is 1.00. The van der Waals surface area contributed by atoms with Gasteiger partial charge in [0.2, 0.25) is 0 Å². The molecule has 0 amide bonds. The van der Waals surface area contributed by atoms with Gasteiger partial charge in [0, 0.05) is 13.2 Å². The Morgan fingerprint density at radius 3 is 1.89 bits per heavy atom. The summed E-state index contributed by atoms with van der Waals surface area (Å²) < 4.78 is 18.4. The molecule has 0 saturated heterocycles. The molecular weight excluding hydrogens is 244 g/mol. The summed E-state index contributed by atoms with van der Waals surface area (Å²) in [5.41, 5.74) is -0.0796. The molecule has 108 valence electrons. The van der Waals surface area contributed by atoms with Gasteiger partial charge < -0.3 is 13.6 Å². The largest absolute Gasteiger partial charge is 0.395 e. The van der Waals surface area contributed by atoms with Crippen LogP contribution in [-0.2, 0) is 13.6 Å². The fourth-order valence-corrected chi connectivity index (χ4v) is 5.24. The first kappa shape index (κ1) is 16.2. The van der Waals surface area contributed by atoms with Gasteiger partial charge in [-0.25, -0.2) is 0 Å². The van der Waals surface area contributed by atoms with Crippen LogP contribution in [-0.4, -0.2) is 33.3 Å². The molecule has 0 aromatic heterocycles. The van der Waals surface area contributed by atoms with E-state index >= 15 is 0 Å². The van der Waals surface area contributed by atoms with Crippen LogP contribution in [0.15, 0.2) is 0 Å². The maximum Gasteiger partial charge on any atom is 0.354 e. The van der Waals surface area contributed by atoms with Gasteiger partial charge in [0.15, 0.2) is 0 Å². The fourth-order valence-electron chi connectivity index (χ4n) is 2.64. The normalized spacial score (nSPS) is 19.7. The molecule has 1 saturated carbocycles. The first-order valence-corrected chi connectivity index (χ1v) is 8.95. The maximum atomic E-state index is 6.51. The van der Waals surface area contributed by atoms with Gasteiger partial charge in [0.05, 0.1) is 5.60 Å². The molecule has 1 fully saturated rings. The second-order valence-electron chi connectivity index (χ2n) is 5.73. The van der Waals surface area contributed by atoms with Crippen LogP contribution >= 0.6 is 0 Å². The van der Waals surface area contributed by atoms with E-state index in [4.69, 9.17) is 13.6 Å². The van der Waals surface area contributed by atoms with Gasteiger partial charge in [-0.3, -0.25) is 0 Å². The molecule has 1 rings (SSSR count). The summed E-state index contributed by atoms with van der Waals surface area (Å²) in [7, 11) is -1.76. The lowest BCUT2D eigenvalue weighted by molar-refractivity contribution is -0.115. The van der Waals surface area contributed by atoms with E-state index in [0.717, 1.165) is 32.5 Å². The van der Waals surface area contributed by atoms with E-state index in [1.807, 2.05) is 13.8 Å². The summed E-state index contributed by atoms with van der Waals surface area (Å²) in [4.78, 5) is 0. The van der Waals surface area contributed by atoms with Crippen LogP contribution in [0.4, 0.5) is 0 Å². The molecule has 0 radical (unpaired) electrons. The molecular formula is C14H30O3Si. The molecule has 0 atom stereocenters. The van der Waals surface area contributed by atoms with Gasteiger partial charge in [-0.1, -0.05) is 19.8 Å². The number of ether oxygens (including phenoxy) is 1. The summed E-state index contributed by atoms with van der Waals surface area (Å²) in [5.74, 6) is 0. The van der Waals surface area contributed by atoms with Crippen molar-refractivity contribution in [3.63, 3.8) is 0 Å². The van der Waals surface area contributed by atoms with Crippen molar-refractivity contribution in [2.45, 2.75) is 77.5 Å². The van der Waals surface area contributed by atoms with Gasteiger partial charge in [-0.15, -0.1) is 0 Å². The van der Waals surface area contributed by atoms with Crippen molar-refractivity contribution in [2.24, 2.45) is 0 Å². The summed E-state index contributed by atoms with van der Waals surface area (Å²) in [6.07, 6.45) is 5.71. The quantitative estimate of drug-likeness (QED) is 0.635. The Morgan fingerprint density at radius 2 is 1.50 bits per heavy atom. The summed E-state index contributed by atoms with van der Waals surface area (Å²) >= 11 is 0. The molecule has 4 heteroatoms. The minimum Gasteiger partial charge on any atom is -0.395 e. The van der Waals surface area contributed by atoms with Crippen molar-refractivity contribution in [1.82, 2.24) is 0 Å². The summed E-state index contributed by atoms with van der Waals surface area (Å²) in [6, 6.07) is 0. The van der Waals surface area contributed by atoms with E-state index < -0.39 is 9.28 Å². The minimum absolute atomic E-state index is 0.0796. The Kier molecular flexibility index (Phi) is 6.31. The van der Waals surface area contributed by atoms with E-state index in [1.165, 1.54) is 12.8 Å². The topological polar surface area (TPSA) is 27.7 Å². The number of rotatable bonds is 8. The Morgan fingerprint density at radius 1 is 1.00 bits per heavy atom. The first-order valence-electron chi connectivity index (χ1n) is 7.43. The predicted molar refractivity (Wildman–Crippen MR) is 77.1 cm³/mol. The predicted octanol–water partition coefficient (Wildman–Crippen LogP) is 3.34. The monoisotopic (exact) mass is 274 g/mol. The molecule has 0 aromatic rings. The SMILES string of the molecule is CCO[SiH](OCC)C1(OC(C)(C)CC)CCCC1. The zero-order chi connectivity index (χ0) is 13.6. The van der Waals surface area contributed by atoms with Crippen LogP contribution in [0.3, 0.4) is 0 Å². The molecule has 1 aliphatic carbocycles. The first-order chi connectivity index (χ1) is 8.49. The zero-order valence-electron chi connectivity index (χ0n) is 12.8. The lowest BCUT2D eigenvalue weighted by Crippen LogP contribution is -2.54. The molecule has 0 spiro atoms. The Hall–Kier alpha value is 0.0969. The molecule has 1 aliphatic rings. The molecule has 18 heavy (non-hydrogen) atoms. The zero-order valence-corrected chi connectivity index (χ0v) is 13.9. The molecule has 0 heterocycles. The number of hydrogen-bond donors (Lipinski definition) is 0. The standard InChI is InChI=1S/C14H30O3Si/c1-6-13(4,5)17-14(11-9-10-12-14)18(15-7-2)16-8-3/h18H,6-12H2,1-5H3. The van der Waals surface area contributed by atoms with Crippen molar-refractivity contribution in [2.75, 3.05) is 13.2 Å². The van der Waals surface area contributed by atoms with E-state index in [1.54, 1.807) is 0 Å². The van der Waals surface area contributed by atoms with E-state index in [0.29, 0.717) is 0 Å². The molecule has 0 aromatic carbocycles. The Bertz CT molecular complexity index is 231. The van der Waals surface area contributed by atoms with Crippen molar-refractivity contribution in [3.05, 3.63) is 0 Å². The van der Waals surface area contributed by atoms with E-state index in [-0.39, 0.29) is 10.8 Å². The third kappa shape index (κ3) is 4.05. The molecule has 0 N–H and O–H groups in total. The van der Waals surface area contributed by atoms with Crippen LogP contribution in [0.5, 0.6) is 0 Å². The second kappa shape index (κ2) is 7.03. The van der Waals surface area contributed by atoms with E-state index in [2.05, 4.69) is 20.8 Å². The van der Waals surface area contributed by atoms with Crippen molar-refractivity contribution >= 4 is 9.28 Å². The smallest absolute Gasteiger partial charge is 0.354 e. The Balaban J connectivity index is 2.83. The van der Waals surface area contributed by atoms with Crippen LogP contribution in [0, 0.1) is 0 Å². The van der Waals surface area contributed by atoms with Crippen molar-refractivity contribution in [1.29, 1.82) is 0 Å². The van der Waals surface area contributed by atoms with Gasteiger partial charge in [-0.2, -0.15) is 0 Å². The summed E-state index contributed by atoms with van der Waals surface area (Å²) in [6.45, 7) is 12.1. The third-order valence-electron chi connectivity index (χ3n) is 3.85. The van der Waals surface area contributed by atoms with Crippen LogP contribution in [0.25, 0.3) is 0 Å². The maximum absolute atomic E-state index is 6.51. The van der Waals surface area contributed by atoms with Crippen molar-refractivity contribution in [3.8, 4) is 0 Å². The lowest BCUT2D eigenvalue weighted by atomic mass is 10.1. The van der Waals surface area contributed by atoms with Gasteiger partial charge >= 0.3 is 9.28 Å². The minimum atomic E-state index is -1.76. The lowest BCUT2D eigenvalue weighted by Gasteiger charge is -2.41. The highest BCUT2D eigenvalue weighted by molar-refractivity contribution is 6.48. The van der Waals surface area contributed by atoms with Crippen LogP contribution < -0.4 is 0 Å². The van der Waals surface area contributed by atoms with Gasteiger partial charge in [0.1, 0.15) is 5.22 Å². The van der Waals surface area contributed by atoms with E-state index in [9.17, 15) is 0 Å². The highest BCUT2D eigenvalue weighted by Gasteiger charge is 2.49. The molecule has 0 bridgehead atoms. The number of hydrogen-bond acceptors (Lipinski definition) is 3. The van der Waals surface area contributed by atoms with Crippen LogP contribution in [0.1, 0.15) is 66.7 Å². The van der Waals surface area contributed by atoms with Crippen LogP contribution in [0.2, 0.25) is 0 Å². The average Bonchev–Trinajstić information content (AvgIpc) is 2.78. The molecule has 0 unspecified atom stereocenters. The van der Waals surface area contributed by atoms with Gasteiger partial charge in [-0.05, 0) is 47.0 Å². The molecule has 3 nitrogen and oxygen atoms in total. The van der Waals surface area contributed by atoms with Crippen molar-refractivity contribution < 1.29 is 13.6 Å².